The van der Waals surface area contributed by atoms with E-state index < -0.39 is 53.5 Å². The van der Waals surface area contributed by atoms with Crippen molar-refractivity contribution in [3.8, 4) is 0 Å². The molecule has 6 atom stereocenters. The normalized spacial score (nSPS) is 29.7. The summed E-state index contributed by atoms with van der Waals surface area (Å²) in [5.74, 6) is -3.02. The van der Waals surface area contributed by atoms with Crippen LogP contribution >= 0.6 is 11.6 Å². The second-order valence-corrected chi connectivity index (χ2v) is 12.7. The Balaban J connectivity index is 1.42. The average molecular weight is 624 g/mol. The number of aliphatic hydroxyl groups is 1. The molecule has 3 aromatic rings. The van der Waals surface area contributed by atoms with Crippen LogP contribution in [0.5, 0.6) is 0 Å². The van der Waals surface area contributed by atoms with Crippen LogP contribution in [0.15, 0.2) is 103 Å². The first-order chi connectivity index (χ1) is 21.7. The Kier molecular flexibility index (Phi) is 7.19. The number of fused-ring (bicyclic) bond motifs is 2. The van der Waals surface area contributed by atoms with Gasteiger partial charge < -0.3 is 24.5 Å². The number of aliphatic hydroxyl groups excluding tert-OH is 1. The number of ether oxygens (including phenoxy) is 1. The quantitative estimate of drug-likeness (QED) is 0.410. The SMILES string of the molecule is Cc1cccc(Cl)c1N1CC=C[C@]23O[C@@]4(C)C=CCN(c5ccccc5)C(=O)[C@H]4[C@H]2C(=O)N([C@H](CO)c2ccccc2)C3C1=O. The molecule has 7 rings (SSSR count). The molecule has 8 nitrogen and oxygen atoms in total. The fraction of sp³-hybridized carbons (Fsp3) is 0.306. The van der Waals surface area contributed by atoms with Crippen molar-refractivity contribution >= 4 is 40.7 Å². The number of carbonyl (C=O) groups is 3. The maximum Gasteiger partial charge on any atom is 0.253 e. The van der Waals surface area contributed by atoms with Crippen LogP contribution in [0.1, 0.15) is 24.1 Å². The van der Waals surface area contributed by atoms with E-state index in [0.717, 1.165) is 5.56 Å². The zero-order chi connectivity index (χ0) is 31.5. The number of hydrogen-bond donors (Lipinski definition) is 1. The molecule has 45 heavy (non-hydrogen) atoms. The lowest BCUT2D eigenvalue weighted by molar-refractivity contribution is -0.148. The number of rotatable bonds is 5. The molecular formula is C36H34ClN3O5. The van der Waals surface area contributed by atoms with Crippen LogP contribution in [0, 0.1) is 18.8 Å². The molecule has 0 aliphatic carbocycles. The van der Waals surface area contributed by atoms with Gasteiger partial charge in [-0.2, -0.15) is 0 Å². The molecule has 0 aromatic heterocycles. The van der Waals surface area contributed by atoms with Gasteiger partial charge >= 0.3 is 0 Å². The topological polar surface area (TPSA) is 90.4 Å². The number of nitrogens with zero attached hydrogens (tertiary/aromatic N) is 3. The maximum atomic E-state index is 15.0. The minimum Gasteiger partial charge on any atom is -0.394 e. The number of benzene rings is 3. The van der Waals surface area contributed by atoms with E-state index in [4.69, 9.17) is 16.3 Å². The summed E-state index contributed by atoms with van der Waals surface area (Å²) in [6.45, 7) is 3.78. The van der Waals surface area contributed by atoms with Crippen molar-refractivity contribution < 1.29 is 24.2 Å². The molecule has 3 aromatic carbocycles. The fourth-order valence-corrected chi connectivity index (χ4v) is 8.16. The molecular weight excluding hydrogens is 590 g/mol. The predicted octanol–water partition coefficient (Wildman–Crippen LogP) is 4.86. The minimum atomic E-state index is -1.49. The Morgan fingerprint density at radius 1 is 0.844 bits per heavy atom. The molecule has 1 unspecified atom stereocenters. The summed E-state index contributed by atoms with van der Waals surface area (Å²) in [7, 11) is 0. The molecule has 0 saturated carbocycles. The van der Waals surface area contributed by atoms with Crippen molar-refractivity contribution in [2.45, 2.75) is 37.1 Å². The summed E-state index contributed by atoms with van der Waals surface area (Å²) < 4.78 is 6.98. The highest BCUT2D eigenvalue weighted by Gasteiger charge is 2.75. The number of amides is 3. The molecule has 4 aliphatic heterocycles. The van der Waals surface area contributed by atoms with Crippen molar-refractivity contribution in [3.05, 3.63) is 119 Å². The molecule has 9 heteroatoms. The highest BCUT2D eigenvalue weighted by molar-refractivity contribution is 6.34. The van der Waals surface area contributed by atoms with Crippen LogP contribution in [0.4, 0.5) is 11.4 Å². The van der Waals surface area contributed by atoms with Crippen molar-refractivity contribution in [3.63, 3.8) is 0 Å². The predicted molar refractivity (Wildman–Crippen MR) is 172 cm³/mol. The third-order valence-electron chi connectivity index (χ3n) is 9.71. The van der Waals surface area contributed by atoms with Gasteiger partial charge in [-0.05, 0) is 43.2 Å². The fourth-order valence-electron chi connectivity index (χ4n) is 7.83. The van der Waals surface area contributed by atoms with Crippen molar-refractivity contribution in [1.29, 1.82) is 0 Å². The summed E-state index contributed by atoms with van der Waals surface area (Å²) in [6.07, 6.45) is 7.39. The monoisotopic (exact) mass is 623 g/mol. The highest BCUT2D eigenvalue weighted by Crippen LogP contribution is 2.59. The minimum absolute atomic E-state index is 0.191. The van der Waals surface area contributed by atoms with Gasteiger partial charge in [-0.25, -0.2) is 0 Å². The Morgan fingerprint density at radius 2 is 1.51 bits per heavy atom. The smallest absolute Gasteiger partial charge is 0.253 e. The number of likely N-dealkylation sites (tertiary alicyclic amines) is 1. The molecule has 2 fully saturated rings. The van der Waals surface area contributed by atoms with E-state index >= 15 is 0 Å². The largest absolute Gasteiger partial charge is 0.394 e. The van der Waals surface area contributed by atoms with Gasteiger partial charge in [-0.15, -0.1) is 0 Å². The molecule has 4 heterocycles. The second-order valence-electron chi connectivity index (χ2n) is 12.3. The summed E-state index contributed by atoms with van der Waals surface area (Å²) >= 11 is 6.69. The van der Waals surface area contributed by atoms with Crippen LogP contribution in [-0.2, 0) is 19.1 Å². The number of hydrogen-bond acceptors (Lipinski definition) is 5. The molecule has 230 valence electrons. The van der Waals surface area contributed by atoms with Crippen molar-refractivity contribution in [2.24, 2.45) is 11.8 Å². The molecule has 1 spiro atoms. The number of para-hydroxylation sites is 2. The molecule has 0 radical (unpaired) electrons. The van der Waals surface area contributed by atoms with Gasteiger partial charge in [0, 0.05) is 18.8 Å². The summed E-state index contributed by atoms with van der Waals surface area (Å²) in [5.41, 5.74) is 0.0704. The molecule has 0 bridgehead atoms. The number of halogens is 1. The van der Waals surface area contributed by atoms with Crippen LogP contribution in [-0.4, -0.2) is 64.7 Å². The zero-order valence-electron chi connectivity index (χ0n) is 25.0. The van der Waals surface area contributed by atoms with Gasteiger partial charge in [0.05, 0.1) is 40.8 Å². The third kappa shape index (κ3) is 4.38. The van der Waals surface area contributed by atoms with Crippen LogP contribution in [0.2, 0.25) is 5.02 Å². The van der Waals surface area contributed by atoms with Crippen LogP contribution < -0.4 is 9.80 Å². The Morgan fingerprint density at radius 3 is 2.20 bits per heavy atom. The maximum absolute atomic E-state index is 15.0. The molecule has 3 amide bonds. The van der Waals surface area contributed by atoms with Crippen LogP contribution in [0.25, 0.3) is 0 Å². The van der Waals surface area contributed by atoms with Crippen LogP contribution in [0.3, 0.4) is 0 Å². The summed E-state index contributed by atoms with van der Waals surface area (Å²) in [4.78, 5) is 49.3. The van der Waals surface area contributed by atoms with Crippen molar-refractivity contribution in [1.82, 2.24) is 4.90 Å². The van der Waals surface area contributed by atoms with Gasteiger partial charge in [-0.1, -0.05) is 96.6 Å². The van der Waals surface area contributed by atoms with E-state index in [0.29, 0.717) is 28.5 Å². The Bertz CT molecular complexity index is 1710. The van der Waals surface area contributed by atoms with E-state index in [1.165, 1.54) is 4.90 Å². The van der Waals surface area contributed by atoms with Crippen molar-refractivity contribution in [2.75, 3.05) is 29.5 Å². The molecule has 1 N–H and O–H groups in total. The van der Waals surface area contributed by atoms with Gasteiger partial charge in [0.15, 0.2) is 0 Å². The van der Waals surface area contributed by atoms with Gasteiger partial charge in [0.1, 0.15) is 11.6 Å². The standard InChI is InChI=1S/C36H34ClN3O5/c1-23-12-9-17-26(37)30(23)39-21-11-19-36-29(33(43)40(31(36)34(39)44)27(22-41)24-13-5-3-6-14-24)28-32(42)38(25-15-7-4-8-16-25)20-10-18-35(28,2)45-36/h3-19,27-29,31,41H,20-22H2,1-2H3/t27-,28-,29+,31?,35+,36+/m1/s1. The molecule has 2 saturated heterocycles. The lowest BCUT2D eigenvalue weighted by atomic mass is 9.74. The van der Waals surface area contributed by atoms with E-state index in [2.05, 4.69) is 0 Å². The van der Waals surface area contributed by atoms with E-state index in [-0.39, 0.29) is 12.5 Å². The van der Waals surface area contributed by atoms with E-state index in [9.17, 15) is 19.5 Å². The van der Waals surface area contributed by atoms with E-state index in [1.54, 1.807) is 21.9 Å². The Hall–Kier alpha value is -4.24. The van der Waals surface area contributed by atoms with Gasteiger partial charge in [0.2, 0.25) is 11.8 Å². The first-order valence-corrected chi connectivity index (χ1v) is 15.6. The van der Waals surface area contributed by atoms with Gasteiger partial charge in [0.25, 0.3) is 5.91 Å². The second kappa shape index (κ2) is 11.0. The first kappa shape index (κ1) is 29.5. The average Bonchev–Trinajstić information content (AvgIpc) is 3.31. The highest BCUT2D eigenvalue weighted by atomic mass is 35.5. The summed E-state index contributed by atoms with van der Waals surface area (Å²) in [6, 6.07) is 21.9. The Labute approximate surface area is 267 Å². The summed E-state index contributed by atoms with van der Waals surface area (Å²) in [5, 5.41) is 11.2. The number of anilines is 2. The lowest BCUT2D eigenvalue weighted by Crippen LogP contribution is -2.57. The number of carbonyl (C=O) groups excluding carboxylic acids is 3. The third-order valence-corrected chi connectivity index (χ3v) is 10.0. The first-order valence-electron chi connectivity index (χ1n) is 15.2. The lowest BCUT2D eigenvalue weighted by Gasteiger charge is -2.40. The van der Waals surface area contributed by atoms with Gasteiger partial charge in [-0.3, -0.25) is 14.4 Å². The molecule has 4 aliphatic rings. The van der Waals surface area contributed by atoms with E-state index in [1.807, 2.05) is 105 Å². The zero-order valence-corrected chi connectivity index (χ0v) is 25.8. The number of aryl methyl sites for hydroxylation is 1.